The van der Waals surface area contributed by atoms with Gasteiger partial charge in [0.05, 0.1) is 5.69 Å². The van der Waals surface area contributed by atoms with Crippen LogP contribution in [0.5, 0.6) is 0 Å². The van der Waals surface area contributed by atoms with Gasteiger partial charge in [-0.25, -0.2) is 4.98 Å². The van der Waals surface area contributed by atoms with E-state index in [1.807, 2.05) is 19.2 Å². The lowest BCUT2D eigenvalue weighted by Crippen LogP contribution is -2.18. The van der Waals surface area contributed by atoms with Gasteiger partial charge in [-0.2, -0.15) is 0 Å². The molecule has 1 N–H and O–H groups in total. The van der Waals surface area contributed by atoms with E-state index in [1.165, 1.54) is 4.88 Å². The number of hydrogen-bond acceptors (Lipinski definition) is 4. The summed E-state index contributed by atoms with van der Waals surface area (Å²) in [4.78, 5) is 10.3. The molecular weight excluding hydrogens is 254 g/mol. The van der Waals surface area contributed by atoms with Crippen LogP contribution in [0.4, 0.5) is 0 Å². The first-order valence-electron chi connectivity index (χ1n) is 6.75. The summed E-state index contributed by atoms with van der Waals surface area (Å²) in [6, 6.07) is 4.49. The number of aryl methyl sites for hydroxylation is 2. The molecule has 2 aromatic heterocycles. The molecule has 0 aliphatic carbocycles. The van der Waals surface area contributed by atoms with Crippen LogP contribution >= 0.6 is 11.3 Å². The Kier molecular flexibility index (Phi) is 4.66. The highest BCUT2D eigenvalue weighted by Gasteiger charge is 2.14. The topological polar surface area (TPSA) is 37.8 Å². The van der Waals surface area contributed by atoms with E-state index in [1.54, 1.807) is 11.3 Å². The van der Waals surface area contributed by atoms with Crippen molar-refractivity contribution < 1.29 is 0 Å². The Bertz CT molecular complexity index is 531. The zero-order chi connectivity index (χ0) is 13.8. The lowest BCUT2D eigenvalue weighted by Gasteiger charge is -2.11. The van der Waals surface area contributed by atoms with Crippen LogP contribution in [-0.2, 0) is 0 Å². The third-order valence-corrected chi connectivity index (χ3v) is 4.47. The standard InChI is InChI=1S/C15H21N3S/c1-5-8-16-11(3)14-12(4)18-15(19-14)13-7-6-10(2)17-9-13/h6-7,9,11,16H,5,8H2,1-4H3. The Morgan fingerprint density at radius 3 is 2.74 bits per heavy atom. The summed E-state index contributed by atoms with van der Waals surface area (Å²) in [5.41, 5.74) is 3.26. The Labute approximate surface area is 119 Å². The number of rotatable bonds is 5. The molecule has 0 saturated heterocycles. The number of nitrogens with one attached hydrogen (secondary N) is 1. The summed E-state index contributed by atoms with van der Waals surface area (Å²) in [5, 5.41) is 4.58. The molecule has 0 bridgehead atoms. The Morgan fingerprint density at radius 2 is 2.11 bits per heavy atom. The Hall–Kier alpha value is -1.26. The van der Waals surface area contributed by atoms with Gasteiger partial charge in [-0.05, 0) is 45.9 Å². The van der Waals surface area contributed by atoms with E-state index in [9.17, 15) is 0 Å². The Balaban J connectivity index is 2.23. The van der Waals surface area contributed by atoms with Crippen LogP contribution < -0.4 is 5.32 Å². The van der Waals surface area contributed by atoms with Gasteiger partial charge in [0.15, 0.2) is 0 Å². The molecule has 0 fully saturated rings. The quantitative estimate of drug-likeness (QED) is 0.899. The number of pyridine rings is 1. The minimum absolute atomic E-state index is 0.365. The fourth-order valence-corrected chi connectivity index (χ4v) is 3.06. The van der Waals surface area contributed by atoms with Gasteiger partial charge in [-0.3, -0.25) is 4.98 Å². The number of thiazole rings is 1. The number of hydrogen-bond donors (Lipinski definition) is 1. The van der Waals surface area contributed by atoms with E-state index in [4.69, 9.17) is 0 Å². The third kappa shape index (κ3) is 3.39. The fourth-order valence-electron chi connectivity index (χ4n) is 1.98. The number of aromatic nitrogens is 2. The van der Waals surface area contributed by atoms with Gasteiger partial charge >= 0.3 is 0 Å². The van der Waals surface area contributed by atoms with E-state index >= 15 is 0 Å². The number of nitrogens with zero attached hydrogens (tertiary/aromatic N) is 2. The minimum Gasteiger partial charge on any atom is -0.309 e. The average molecular weight is 275 g/mol. The molecule has 1 unspecified atom stereocenters. The maximum atomic E-state index is 4.68. The van der Waals surface area contributed by atoms with Gasteiger partial charge in [0.2, 0.25) is 0 Å². The van der Waals surface area contributed by atoms with Gasteiger partial charge in [0.1, 0.15) is 5.01 Å². The SMILES string of the molecule is CCCNC(C)c1sc(-c2ccc(C)nc2)nc1C. The molecule has 0 amide bonds. The molecule has 4 heteroatoms. The van der Waals surface area contributed by atoms with Crippen LogP contribution in [0.1, 0.15) is 42.6 Å². The highest BCUT2D eigenvalue weighted by molar-refractivity contribution is 7.15. The van der Waals surface area contributed by atoms with Crippen molar-refractivity contribution in [1.82, 2.24) is 15.3 Å². The summed E-state index contributed by atoms with van der Waals surface area (Å²) in [6.07, 6.45) is 3.05. The van der Waals surface area contributed by atoms with E-state index in [-0.39, 0.29) is 0 Å². The van der Waals surface area contributed by atoms with Crippen LogP contribution in [0, 0.1) is 13.8 Å². The van der Waals surface area contributed by atoms with Gasteiger partial charge < -0.3 is 5.32 Å². The zero-order valence-corrected chi connectivity index (χ0v) is 12.8. The third-order valence-electron chi connectivity index (χ3n) is 3.08. The predicted molar refractivity (Wildman–Crippen MR) is 81.5 cm³/mol. The molecule has 2 rings (SSSR count). The van der Waals surface area contributed by atoms with Gasteiger partial charge in [-0.15, -0.1) is 11.3 Å². The largest absolute Gasteiger partial charge is 0.309 e. The molecule has 2 heterocycles. The minimum atomic E-state index is 0.365. The maximum Gasteiger partial charge on any atom is 0.125 e. The molecule has 1 atom stereocenters. The average Bonchev–Trinajstić information content (AvgIpc) is 2.79. The van der Waals surface area contributed by atoms with Crippen molar-refractivity contribution in [2.24, 2.45) is 0 Å². The normalized spacial score (nSPS) is 12.6. The Morgan fingerprint density at radius 1 is 1.32 bits per heavy atom. The van der Waals surface area contributed by atoms with E-state index < -0.39 is 0 Å². The van der Waals surface area contributed by atoms with Crippen LogP contribution in [0.15, 0.2) is 18.3 Å². The molecule has 102 valence electrons. The highest BCUT2D eigenvalue weighted by atomic mass is 32.1. The maximum absolute atomic E-state index is 4.68. The van der Waals surface area contributed by atoms with E-state index in [0.29, 0.717) is 6.04 Å². The van der Waals surface area contributed by atoms with Crippen molar-refractivity contribution in [3.8, 4) is 10.6 Å². The summed E-state index contributed by atoms with van der Waals surface area (Å²) in [5.74, 6) is 0. The molecule has 2 aromatic rings. The molecule has 3 nitrogen and oxygen atoms in total. The lowest BCUT2D eigenvalue weighted by molar-refractivity contribution is 0.575. The van der Waals surface area contributed by atoms with Crippen molar-refractivity contribution in [2.45, 2.75) is 40.2 Å². The molecule has 0 saturated carbocycles. The highest BCUT2D eigenvalue weighted by Crippen LogP contribution is 2.31. The first-order valence-corrected chi connectivity index (χ1v) is 7.57. The second-order valence-corrected chi connectivity index (χ2v) is 5.86. The van der Waals surface area contributed by atoms with Crippen molar-refractivity contribution >= 4 is 11.3 Å². The van der Waals surface area contributed by atoms with E-state index in [2.05, 4.69) is 42.1 Å². The lowest BCUT2D eigenvalue weighted by atomic mass is 10.2. The molecule has 0 aromatic carbocycles. The van der Waals surface area contributed by atoms with Crippen molar-refractivity contribution in [1.29, 1.82) is 0 Å². The molecular formula is C15H21N3S. The monoisotopic (exact) mass is 275 g/mol. The van der Waals surface area contributed by atoms with Crippen LogP contribution in [0.2, 0.25) is 0 Å². The van der Waals surface area contributed by atoms with Gasteiger partial charge in [0, 0.05) is 28.4 Å². The summed E-state index contributed by atoms with van der Waals surface area (Å²) in [7, 11) is 0. The van der Waals surface area contributed by atoms with Crippen LogP contribution in [0.3, 0.4) is 0 Å². The van der Waals surface area contributed by atoms with Crippen molar-refractivity contribution in [2.75, 3.05) is 6.54 Å². The molecule has 0 radical (unpaired) electrons. The first-order chi connectivity index (χ1) is 9.11. The molecule has 19 heavy (non-hydrogen) atoms. The second-order valence-electron chi connectivity index (χ2n) is 4.83. The van der Waals surface area contributed by atoms with Crippen molar-refractivity contribution in [3.05, 3.63) is 34.6 Å². The summed E-state index contributed by atoms with van der Waals surface area (Å²) in [6.45, 7) is 9.51. The fraction of sp³-hybridized carbons (Fsp3) is 0.467. The van der Waals surface area contributed by atoms with Gasteiger partial charge in [0.25, 0.3) is 0 Å². The van der Waals surface area contributed by atoms with Gasteiger partial charge in [-0.1, -0.05) is 6.92 Å². The smallest absolute Gasteiger partial charge is 0.125 e. The van der Waals surface area contributed by atoms with Crippen LogP contribution in [0.25, 0.3) is 10.6 Å². The second kappa shape index (κ2) is 6.26. The molecule has 0 spiro atoms. The predicted octanol–water partition coefficient (Wildman–Crippen LogP) is 3.88. The summed E-state index contributed by atoms with van der Waals surface area (Å²) < 4.78 is 0. The zero-order valence-electron chi connectivity index (χ0n) is 12.0. The molecule has 0 aliphatic heterocycles. The van der Waals surface area contributed by atoms with E-state index in [0.717, 1.165) is 34.9 Å². The summed E-state index contributed by atoms with van der Waals surface area (Å²) >= 11 is 1.76. The van der Waals surface area contributed by atoms with Crippen LogP contribution in [-0.4, -0.2) is 16.5 Å². The van der Waals surface area contributed by atoms with Crippen molar-refractivity contribution in [3.63, 3.8) is 0 Å². The first kappa shape index (κ1) is 14.2. The molecule has 0 aliphatic rings.